The number of carboxylic acids is 1. The van der Waals surface area contributed by atoms with Crippen LogP contribution in [0.25, 0.3) is 0 Å². The third-order valence-corrected chi connectivity index (χ3v) is 2.65. The minimum Gasteiger partial charge on any atom is -0.494 e. The molecule has 19 heavy (non-hydrogen) atoms. The molecule has 2 N–H and O–H groups in total. The fourth-order valence-electron chi connectivity index (χ4n) is 1.72. The van der Waals surface area contributed by atoms with Gasteiger partial charge in [-0.1, -0.05) is 13.8 Å². The molecule has 0 bridgehead atoms. The highest BCUT2D eigenvalue weighted by atomic mass is 16.5. The van der Waals surface area contributed by atoms with Gasteiger partial charge in [0.15, 0.2) is 0 Å². The number of aliphatic carboxylic acids is 1. The summed E-state index contributed by atoms with van der Waals surface area (Å²) in [6.07, 6.45) is 0. The number of anilines is 1. The molecule has 104 valence electrons. The van der Waals surface area contributed by atoms with E-state index in [0.717, 1.165) is 0 Å². The second kappa shape index (κ2) is 6.78. The van der Waals surface area contributed by atoms with E-state index in [9.17, 15) is 9.59 Å². The highest BCUT2D eigenvalue weighted by molar-refractivity contribution is 6.04. The molecule has 1 amide bonds. The number of hydrogen-bond donors (Lipinski definition) is 2. The second-order valence-electron chi connectivity index (χ2n) is 4.51. The lowest BCUT2D eigenvalue weighted by atomic mass is 9.95. The molecule has 0 saturated carbocycles. The van der Waals surface area contributed by atoms with Crippen LogP contribution in [0.5, 0.6) is 5.75 Å². The number of nitrogens with one attached hydrogen (secondary N) is 1. The number of ether oxygens (including phenoxy) is 1. The van der Waals surface area contributed by atoms with E-state index in [1.165, 1.54) is 0 Å². The van der Waals surface area contributed by atoms with E-state index in [4.69, 9.17) is 9.84 Å². The lowest BCUT2D eigenvalue weighted by Crippen LogP contribution is -2.33. The molecule has 0 fully saturated rings. The van der Waals surface area contributed by atoms with Gasteiger partial charge in [0.2, 0.25) is 5.91 Å². The minimum atomic E-state index is -1.11. The monoisotopic (exact) mass is 265 g/mol. The molecule has 0 spiro atoms. The molecule has 1 unspecified atom stereocenters. The Kier molecular flexibility index (Phi) is 5.36. The van der Waals surface area contributed by atoms with Crippen LogP contribution in [0.1, 0.15) is 20.8 Å². The van der Waals surface area contributed by atoms with Crippen molar-refractivity contribution in [3.8, 4) is 5.75 Å². The van der Waals surface area contributed by atoms with E-state index in [1.807, 2.05) is 6.92 Å². The van der Waals surface area contributed by atoms with Crippen LogP contribution in [0.3, 0.4) is 0 Å². The molecule has 1 rings (SSSR count). The first-order valence-corrected chi connectivity index (χ1v) is 6.22. The number of hydrogen-bond acceptors (Lipinski definition) is 3. The number of rotatable bonds is 6. The Hall–Kier alpha value is -2.04. The van der Waals surface area contributed by atoms with Crippen LogP contribution in [0.15, 0.2) is 24.3 Å². The molecule has 5 nitrogen and oxygen atoms in total. The molecule has 0 radical (unpaired) electrons. The summed E-state index contributed by atoms with van der Waals surface area (Å²) in [5.74, 6) is -2.23. The van der Waals surface area contributed by atoms with Crippen molar-refractivity contribution in [2.24, 2.45) is 11.8 Å². The quantitative estimate of drug-likeness (QED) is 0.774. The maximum atomic E-state index is 11.9. The summed E-state index contributed by atoms with van der Waals surface area (Å²) in [6, 6.07) is 6.82. The summed E-state index contributed by atoms with van der Waals surface area (Å²) in [6.45, 7) is 5.86. The van der Waals surface area contributed by atoms with E-state index in [2.05, 4.69) is 5.32 Å². The third-order valence-electron chi connectivity index (χ3n) is 2.65. The largest absolute Gasteiger partial charge is 0.494 e. The van der Waals surface area contributed by atoms with E-state index < -0.39 is 17.8 Å². The zero-order valence-electron chi connectivity index (χ0n) is 11.3. The fraction of sp³-hybridized carbons (Fsp3) is 0.429. The normalized spacial score (nSPS) is 12.0. The van der Waals surface area contributed by atoms with Crippen LogP contribution in [0.2, 0.25) is 0 Å². The van der Waals surface area contributed by atoms with Gasteiger partial charge in [0.1, 0.15) is 11.7 Å². The molecular weight excluding hydrogens is 246 g/mol. The Morgan fingerprint density at radius 3 is 2.26 bits per heavy atom. The number of benzene rings is 1. The van der Waals surface area contributed by atoms with Gasteiger partial charge < -0.3 is 15.2 Å². The topological polar surface area (TPSA) is 75.6 Å². The Morgan fingerprint density at radius 1 is 1.26 bits per heavy atom. The van der Waals surface area contributed by atoms with E-state index in [-0.39, 0.29) is 5.92 Å². The Bertz CT molecular complexity index is 439. The van der Waals surface area contributed by atoms with Crippen molar-refractivity contribution >= 4 is 17.6 Å². The van der Waals surface area contributed by atoms with Gasteiger partial charge in [-0.15, -0.1) is 0 Å². The first-order chi connectivity index (χ1) is 8.95. The van der Waals surface area contributed by atoms with Gasteiger partial charge in [0.05, 0.1) is 6.61 Å². The summed E-state index contributed by atoms with van der Waals surface area (Å²) in [5, 5.41) is 11.6. The lowest BCUT2D eigenvalue weighted by Gasteiger charge is -2.16. The first kappa shape index (κ1) is 15.0. The Balaban J connectivity index is 2.73. The Morgan fingerprint density at radius 2 is 1.84 bits per heavy atom. The van der Waals surface area contributed by atoms with Crippen molar-refractivity contribution < 1.29 is 19.4 Å². The molecule has 0 aliphatic carbocycles. The van der Waals surface area contributed by atoms with Crippen molar-refractivity contribution in [2.75, 3.05) is 11.9 Å². The Labute approximate surface area is 112 Å². The van der Waals surface area contributed by atoms with Crippen molar-refractivity contribution in [3.05, 3.63) is 24.3 Å². The fourth-order valence-corrected chi connectivity index (χ4v) is 1.72. The van der Waals surface area contributed by atoms with Gasteiger partial charge in [-0.05, 0) is 37.1 Å². The molecule has 0 aliphatic rings. The predicted octanol–water partition coefficient (Wildman–Crippen LogP) is 2.38. The molecule has 0 saturated heterocycles. The van der Waals surface area contributed by atoms with Gasteiger partial charge >= 0.3 is 5.97 Å². The van der Waals surface area contributed by atoms with Crippen LogP contribution < -0.4 is 10.1 Å². The highest BCUT2D eigenvalue weighted by Gasteiger charge is 2.29. The average molecular weight is 265 g/mol. The zero-order valence-corrected chi connectivity index (χ0v) is 11.3. The second-order valence-corrected chi connectivity index (χ2v) is 4.51. The zero-order chi connectivity index (χ0) is 14.4. The van der Waals surface area contributed by atoms with Crippen molar-refractivity contribution in [2.45, 2.75) is 20.8 Å². The summed E-state index contributed by atoms with van der Waals surface area (Å²) in [5.41, 5.74) is 0.556. The molecule has 0 aliphatic heterocycles. The van der Waals surface area contributed by atoms with Crippen LogP contribution in [-0.2, 0) is 9.59 Å². The van der Waals surface area contributed by atoms with Crippen molar-refractivity contribution in [3.63, 3.8) is 0 Å². The smallest absolute Gasteiger partial charge is 0.316 e. The van der Waals surface area contributed by atoms with Gasteiger partial charge in [-0.3, -0.25) is 9.59 Å². The molecule has 1 atom stereocenters. The molecule has 1 aromatic rings. The van der Waals surface area contributed by atoms with Crippen LogP contribution in [0, 0.1) is 11.8 Å². The minimum absolute atomic E-state index is 0.264. The standard InChI is InChI=1S/C14H19NO4/c1-4-19-11-7-5-10(6-8-11)15-13(16)12(9(2)3)14(17)18/h5-9,12H,4H2,1-3H3,(H,15,16)(H,17,18). The number of carboxylic acid groups (broad SMARTS) is 1. The third kappa shape index (κ3) is 4.28. The van der Waals surface area contributed by atoms with E-state index in [0.29, 0.717) is 18.0 Å². The maximum absolute atomic E-state index is 11.9. The summed E-state index contributed by atoms with van der Waals surface area (Å²) in [4.78, 5) is 22.9. The van der Waals surface area contributed by atoms with Crippen LogP contribution in [0.4, 0.5) is 5.69 Å². The molecule has 1 aromatic carbocycles. The van der Waals surface area contributed by atoms with Crippen molar-refractivity contribution in [1.29, 1.82) is 0 Å². The van der Waals surface area contributed by atoms with Gasteiger partial charge in [-0.2, -0.15) is 0 Å². The van der Waals surface area contributed by atoms with E-state index >= 15 is 0 Å². The summed E-state index contributed by atoms with van der Waals surface area (Å²) >= 11 is 0. The summed E-state index contributed by atoms with van der Waals surface area (Å²) in [7, 11) is 0. The van der Waals surface area contributed by atoms with Gasteiger partial charge in [-0.25, -0.2) is 0 Å². The lowest BCUT2D eigenvalue weighted by molar-refractivity contribution is -0.147. The van der Waals surface area contributed by atoms with E-state index in [1.54, 1.807) is 38.1 Å². The highest BCUT2D eigenvalue weighted by Crippen LogP contribution is 2.18. The van der Waals surface area contributed by atoms with Gasteiger partial charge in [0.25, 0.3) is 0 Å². The SMILES string of the molecule is CCOc1ccc(NC(=O)C(C(=O)O)C(C)C)cc1. The average Bonchev–Trinajstić information content (AvgIpc) is 2.31. The predicted molar refractivity (Wildman–Crippen MR) is 72.2 cm³/mol. The first-order valence-electron chi connectivity index (χ1n) is 6.22. The van der Waals surface area contributed by atoms with Crippen LogP contribution in [-0.4, -0.2) is 23.6 Å². The van der Waals surface area contributed by atoms with Crippen molar-refractivity contribution in [1.82, 2.24) is 0 Å². The van der Waals surface area contributed by atoms with Crippen LogP contribution >= 0.6 is 0 Å². The molecule has 5 heteroatoms. The van der Waals surface area contributed by atoms with Gasteiger partial charge in [0, 0.05) is 5.69 Å². The number of amides is 1. The maximum Gasteiger partial charge on any atom is 0.316 e. The molecular formula is C14H19NO4. The number of carbonyl (C=O) groups excluding carboxylic acids is 1. The molecule has 0 heterocycles. The molecule has 0 aromatic heterocycles. The summed E-state index contributed by atoms with van der Waals surface area (Å²) < 4.78 is 5.28. The number of carbonyl (C=O) groups is 2.